The van der Waals surface area contributed by atoms with E-state index in [1.165, 1.54) is 0 Å². The van der Waals surface area contributed by atoms with E-state index in [9.17, 15) is 8.42 Å². The van der Waals surface area contributed by atoms with Crippen molar-refractivity contribution in [3.8, 4) is 0 Å². The first-order valence-corrected chi connectivity index (χ1v) is 6.86. The van der Waals surface area contributed by atoms with Crippen LogP contribution in [-0.4, -0.2) is 8.42 Å². The molecule has 0 unspecified atom stereocenters. The lowest BCUT2D eigenvalue weighted by Crippen LogP contribution is -2.09. The molecule has 0 radical (unpaired) electrons. The van der Waals surface area contributed by atoms with Crippen molar-refractivity contribution in [2.24, 2.45) is 11.8 Å². The Morgan fingerprint density at radius 3 is 2.38 bits per heavy atom. The molecule has 0 saturated heterocycles. The van der Waals surface area contributed by atoms with Crippen molar-refractivity contribution >= 4 is 9.84 Å². The van der Waals surface area contributed by atoms with Crippen LogP contribution in [0.3, 0.4) is 0 Å². The predicted octanol–water partition coefficient (Wildman–Crippen LogP) is 2.55. The molecule has 0 N–H and O–H groups in total. The molecule has 1 aromatic rings. The Bertz CT molecular complexity index is 567. The van der Waals surface area contributed by atoms with Crippen molar-refractivity contribution in [3.63, 3.8) is 0 Å². The highest BCUT2D eigenvalue weighted by atomic mass is 32.2. The summed E-state index contributed by atoms with van der Waals surface area (Å²) in [7, 11) is -3.26. The van der Waals surface area contributed by atoms with Gasteiger partial charge in [-0.25, -0.2) is 8.42 Å². The predicted molar refractivity (Wildman–Crippen MR) is 62.4 cm³/mol. The molecule has 82 valence electrons. The van der Waals surface area contributed by atoms with Gasteiger partial charge in [0.1, 0.15) is 0 Å². The summed E-state index contributed by atoms with van der Waals surface area (Å²) >= 11 is 0. The fraction of sp³-hybridized carbons (Fsp3) is 0.231. The van der Waals surface area contributed by atoms with Gasteiger partial charge in [-0.05, 0) is 24.5 Å². The summed E-state index contributed by atoms with van der Waals surface area (Å²) in [6.45, 7) is 0. The molecule has 0 amide bonds. The molecule has 2 nitrogen and oxygen atoms in total. The summed E-state index contributed by atoms with van der Waals surface area (Å²) in [5.74, 6) is 0.439. The molecule has 0 aromatic heterocycles. The minimum atomic E-state index is -3.26. The molecular formula is C13H12O2S. The van der Waals surface area contributed by atoms with E-state index in [2.05, 4.69) is 6.08 Å². The third kappa shape index (κ3) is 1.35. The zero-order valence-electron chi connectivity index (χ0n) is 8.71. The summed E-state index contributed by atoms with van der Waals surface area (Å²) in [4.78, 5) is 0.994. The molecule has 0 saturated carbocycles. The zero-order valence-corrected chi connectivity index (χ0v) is 9.52. The van der Waals surface area contributed by atoms with Crippen LogP contribution in [0.1, 0.15) is 6.42 Å². The molecule has 0 fully saturated rings. The Kier molecular flexibility index (Phi) is 2.04. The van der Waals surface area contributed by atoms with Crippen LogP contribution in [-0.2, 0) is 9.84 Å². The van der Waals surface area contributed by atoms with Crippen molar-refractivity contribution in [1.29, 1.82) is 0 Å². The number of rotatable bonds is 2. The van der Waals surface area contributed by atoms with Crippen LogP contribution in [0.15, 0.2) is 58.4 Å². The van der Waals surface area contributed by atoms with Crippen LogP contribution < -0.4 is 0 Å². The number of hydrogen-bond donors (Lipinski definition) is 0. The SMILES string of the molecule is O=S(=O)(C1=C[C@H]2C=C[C@H]1C2)c1ccccc1. The standard InChI is InChI=1S/C13H12O2S/c14-16(15,12-4-2-1-3-5-12)13-9-10-6-7-11(13)8-10/h1-7,9-11H,8H2/t10-,11-/m0/s1. The summed E-state index contributed by atoms with van der Waals surface area (Å²) in [5.41, 5.74) is 0. The first kappa shape index (κ1) is 9.85. The van der Waals surface area contributed by atoms with Gasteiger partial charge in [-0.15, -0.1) is 0 Å². The van der Waals surface area contributed by atoms with E-state index in [-0.39, 0.29) is 5.92 Å². The average Bonchev–Trinajstić information content (AvgIpc) is 2.92. The van der Waals surface area contributed by atoms with Crippen LogP contribution in [0.5, 0.6) is 0 Å². The highest BCUT2D eigenvalue weighted by Crippen LogP contribution is 2.42. The van der Waals surface area contributed by atoms with Crippen LogP contribution >= 0.6 is 0 Å². The third-order valence-corrected chi connectivity index (χ3v) is 5.18. The van der Waals surface area contributed by atoms with Gasteiger partial charge in [0, 0.05) is 5.92 Å². The van der Waals surface area contributed by atoms with Crippen LogP contribution in [0.25, 0.3) is 0 Å². The Hall–Kier alpha value is -1.35. The number of fused-ring (bicyclic) bond motifs is 2. The molecule has 2 aliphatic rings. The van der Waals surface area contributed by atoms with E-state index in [0.29, 0.717) is 15.7 Å². The van der Waals surface area contributed by atoms with E-state index in [4.69, 9.17) is 0 Å². The number of hydrogen-bond acceptors (Lipinski definition) is 2. The minimum Gasteiger partial charge on any atom is -0.219 e. The topological polar surface area (TPSA) is 34.1 Å². The monoisotopic (exact) mass is 232 g/mol. The Morgan fingerprint density at radius 2 is 1.81 bits per heavy atom. The normalized spacial score (nSPS) is 27.1. The van der Waals surface area contributed by atoms with Gasteiger partial charge in [-0.3, -0.25) is 0 Å². The molecule has 0 aliphatic heterocycles. The van der Waals surface area contributed by atoms with Crippen LogP contribution in [0.4, 0.5) is 0 Å². The minimum absolute atomic E-state index is 0.107. The molecule has 3 rings (SSSR count). The van der Waals surface area contributed by atoms with E-state index < -0.39 is 9.84 Å². The highest BCUT2D eigenvalue weighted by Gasteiger charge is 2.36. The maximum absolute atomic E-state index is 12.3. The van der Waals surface area contributed by atoms with Gasteiger partial charge in [-0.1, -0.05) is 36.4 Å². The Balaban J connectivity index is 2.05. The molecule has 1 aromatic carbocycles. The van der Waals surface area contributed by atoms with E-state index >= 15 is 0 Å². The largest absolute Gasteiger partial charge is 0.219 e. The van der Waals surface area contributed by atoms with Crippen molar-refractivity contribution in [3.05, 3.63) is 53.5 Å². The molecule has 0 heterocycles. The fourth-order valence-corrected chi connectivity index (χ4v) is 4.14. The van der Waals surface area contributed by atoms with Gasteiger partial charge in [-0.2, -0.15) is 0 Å². The lowest BCUT2D eigenvalue weighted by atomic mass is 10.2. The van der Waals surface area contributed by atoms with Gasteiger partial charge < -0.3 is 0 Å². The summed E-state index contributed by atoms with van der Waals surface area (Å²) < 4.78 is 24.6. The average molecular weight is 232 g/mol. The summed E-state index contributed by atoms with van der Waals surface area (Å²) in [6, 6.07) is 8.67. The first-order valence-electron chi connectivity index (χ1n) is 5.38. The third-order valence-electron chi connectivity index (χ3n) is 3.22. The van der Waals surface area contributed by atoms with Crippen molar-refractivity contribution in [2.75, 3.05) is 0 Å². The molecule has 2 aliphatic carbocycles. The maximum Gasteiger partial charge on any atom is 0.203 e. The lowest BCUT2D eigenvalue weighted by molar-refractivity contribution is 0.596. The van der Waals surface area contributed by atoms with Gasteiger partial charge >= 0.3 is 0 Å². The molecular weight excluding hydrogens is 220 g/mol. The molecule has 0 spiro atoms. The van der Waals surface area contributed by atoms with Crippen LogP contribution in [0.2, 0.25) is 0 Å². The van der Waals surface area contributed by atoms with Gasteiger partial charge in [0.2, 0.25) is 9.84 Å². The van der Waals surface area contributed by atoms with Crippen molar-refractivity contribution in [2.45, 2.75) is 11.3 Å². The molecule has 16 heavy (non-hydrogen) atoms. The van der Waals surface area contributed by atoms with Crippen LogP contribution in [0, 0.1) is 11.8 Å². The number of sulfone groups is 1. The van der Waals surface area contributed by atoms with E-state index in [0.717, 1.165) is 6.42 Å². The first-order chi connectivity index (χ1) is 7.68. The fourth-order valence-electron chi connectivity index (χ4n) is 2.42. The summed E-state index contributed by atoms with van der Waals surface area (Å²) in [6.07, 6.45) is 6.93. The Labute approximate surface area is 95.2 Å². The van der Waals surface area contributed by atoms with Gasteiger partial charge in [0.05, 0.1) is 9.80 Å². The summed E-state index contributed by atoms with van der Waals surface area (Å²) in [5, 5.41) is 0. The maximum atomic E-state index is 12.3. The highest BCUT2D eigenvalue weighted by molar-refractivity contribution is 7.95. The lowest BCUT2D eigenvalue weighted by Gasteiger charge is -2.10. The van der Waals surface area contributed by atoms with E-state index in [1.807, 2.05) is 18.2 Å². The second-order valence-electron chi connectivity index (χ2n) is 4.28. The Morgan fingerprint density at radius 1 is 1.06 bits per heavy atom. The van der Waals surface area contributed by atoms with Gasteiger partial charge in [0.25, 0.3) is 0 Å². The second kappa shape index (κ2) is 3.32. The molecule has 3 heteroatoms. The van der Waals surface area contributed by atoms with Crippen molar-refractivity contribution < 1.29 is 8.42 Å². The molecule has 2 atom stereocenters. The smallest absolute Gasteiger partial charge is 0.203 e. The second-order valence-corrected chi connectivity index (χ2v) is 6.23. The van der Waals surface area contributed by atoms with Gasteiger partial charge in [0.15, 0.2) is 0 Å². The van der Waals surface area contributed by atoms with Crippen molar-refractivity contribution in [1.82, 2.24) is 0 Å². The number of benzene rings is 1. The quantitative estimate of drug-likeness (QED) is 0.734. The molecule has 2 bridgehead atoms. The van der Waals surface area contributed by atoms with E-state index in [1.54, 1.807) is 24.3 Å². The zero-order chi connectivity index (χ0) is 11.2. The number of allylic oxidation sites excluding steroid dienone is 4.